The molecule has 1 N–H and O–H groups in total. The van der Waals surface area contributed by atoms with E-state index in [1.54, 1.807) is 0 Å². The molecule has 138 valence electrons. The van der Waals surface area contributed by atoms with Gasteiger partial charge in [-0.2, -0.15) is 0 Å². The molecule has 3 heteroatoms. The van der Waals surface area contributed by atoms with E-state index in [1.807, 2.05) is 66.7 Å². The van der Waals surface area contributed by atoms with Gasteiger partial charge in [0, 0.05) is 11.1 Å². The maximum atomic E-state index is 12.3. The maximum Gasteiger partial charge on any atom is 0.262 e. The molecule has 1 amide bonds. The van der Waals surface area contributed by atoms with Crippen LogP contribution in [0.25, 0.3) is 21.9 Å². The van der Waals surface area contributed by atoms with E-state index in [0.717, 1.165) is 27.6 Å². The third-order valence-corrected chi connectivity index (χ3v) is 4.67. The lowest BCUT2D eigenvalue weighted by Crippen LogP contribution is -2.20. The number of fused-ring (bicyclic) bond motifs is 1. The topological polar surface area (TPSA) is 38.3 Å². The zero-order valence-electron chi connectivity index (χ0n) is 15.7. The zero-order valence-corrected chi connectivity index (χ0v) is 15.7. The van der Waals surface area contributed by atoms with E-state index in [0.29, 0.717) is 5.75 Å². The SMILES string of the molecule is Cc1ccc(-c2ccc(OCC(=O)Nc3cccc4ccccc34)cc2)cc1. The number of hydrogen-bond donors (Lipinski definition) is 1. The number of rotatable bonds is 5. The van der Waals surface area contributed by atoms with Crippen LogP contribution in [0, 0.1) is 6.92 Å². The molecule has 0 unspecified atom stereocenters. The number of aryl methyl sites for hydroxylation is 1. The van der Waals surface area contributed by atoms with Gasteiger partial charge in [0.15, 0.2) is 6.61 Å². The fraction of sp³-hybridized carbons (Fsp3) is 0.0800. The van der Waals surface area contributed by atoms with Gasteiger partial charge in [-0.3, -0.25) is 4.79 Å². The normalized spacial score (nSPS) is 10.6. The summed E-state index contributed by atoms with van der Waals surface area (Å²) in [5, 5.41) is 5.04. The van der Waals surface area contributed by atoms with Crippen LogP contribution in [0.4, 0.5) is 5.69 Å². The van der Waals surface area contributed by atoms with E-state index >= 15 is 0 Å². The highest BCUT2D eigenvalue weighted by Gasteiger charge is 2.07. The largest absolute Gasteiger partial charge is 0.484 e. The van der Waals surface area contributed by atoms with Gasteiger partial charge in [0.2, 0.25) is 0 Å². The van der Waals surface area contributed by atoms with Gasteiger partial charge in [-0.25, -0.2) is 0 Å². The van der Waals surface area contributed by atoms with Gasteiger partial charge >= 0.3 is 0 Å². The summed E-state index contributed by atoms with van der Waals surface area (Å²) in [5.74, 6) is 0.489. The fourth-order valence-corrected chi connectivity index (χ4v) is 3.16. The van der Waals surface area contributed by atoms with Crippen molar-refractivity contribution in [1.82, 2.24) is 0 Å². The minimum Gasteiger partial charge on any atom is -0.484 e. The number of nitrogens with one attached hydrogen (secondary N) is 1. The molecule has 0 saturated heterocycles. The van der Waals surface area contributed by atoms with Crippen molar-refractivity contribution < 1.29 is 9.53 Å². The smallest absolute Gasteiger partial charge is 0.262 e. The Morgan fingerprint density at radius 3 is 2.18 bits per heavy atom. The summed E-state index contributed by atoms with van der Waals surface area (Å²) in [7, 11) is 0. The maximum absolute atomic E-state index is 12.3. The summed E-state index contributed by atoms with van der Waals surface area (Å²) in [6, 6.07) is 30.0. The lowest BCUT2D eigenvalue weighted by atomic mass is 10.0. The first-order valence-electron chi connectivity index (χ1n) is 9.26. The highest BCUT2D eigenvalue weighted by molar-refractivity contribution is 6.02. The summed E-state index contributed by atoms with van der Waals surface area (Å²) >= 11 is 0. The van der Waals surface area contributed by atoms with Crippen LogP contribution in [0.1, 0.15) is 5.56 Å². The van der Waals surface area contributed by atoms with Crippen LogP contribution < -0.4 is 10.1 Å². The van der Waals surface area contributed by atoms with E-state index in [2.05, 4.69) is 36.5 Å². The van der Waals surface area contributed by atoms with Crippen molar-refractivity contribution in [3.8, 4) is 16.9 Å². The molecule has 0 saturated carbocycles. The van der Waals surface area contributed by atoms with Crippen molar-refractivity contribution in [3.05, 3.63) is 96.6 Å². The van der Waals surface area contributed by atoms with E-state index in [-0.39, 0.29) is 12.5 Å². The van der Waals surface area contributed by atoms with E-state index < -0.39 is 0 Å². The van der Waals surface area contributed by atoms with Gasteiger partial charge in [0.25, 0.3) is 5.91 Å². The molecule has 3 nitrogen and oxygen atoms in total. The molecule has 0 atom stereocenters. The van der Waals surface area contributed by atoms with Gasteiger partial charge in [-0.1, -0.05) is 78.4 Å². The van der Waals surface area contributed by atoms with Crippen molar-refractivity contribution in [3.63, 3.8) is 0 Å². The Kier molecular flexibility index (Phi) is 5.07. The Bertz CT molecular complexity index is 1090. The summed E-state index contributed by atoms with van der Waals surface area (Å²) in [5.41, 5.74) is 4.31. The Labute approximate surface area is 164 Å². The molecule has 0 radical (unpaired) electrons. The van der Waals surface area contributed by atoms with Crippen molar-refractivity contribution in [2.24, 2.45) is 0 Å². The standard InChI is InChI=1S/C25H21NO2/c1-18-9-11-19(12-10-18)20-13-15-22(16-14-20)28-17-25(27)26-24-8-4-6-21-5-2-3-7-23(21)24/h2-16H,17H2,1H3,(H,26,27). The molecule has 0 aliphatic rings. The second-order valence-corrected chi connectivity index (χ2v) is 6.75. The van der Waals surface area contributed by atoms with Crippen molar-refractivity contribution >= 4 is 22.4 Å². The average Bonchev–Trinajstić information content (AvgIpc) is 2.74. The Hall–Kier alpha value is -3.59. The summed E-state index contributed by atoms with van der Waals surface area (Å²) in [6.07, 6.45) is 0. The molecule has 4 aromatic carbocycles. The van der Waals surface area contributed by atoms with E-state index in [9.17, 15) is 4.79 Å². The summed E-state index contributed by atoms with van der Waals surface area (Å²) in [6.45, 7) is 2.04. The number of carbonyl (C=O) groups is 1. The van der Waals surface area contributed by atoms with Crippen LogP contribution in [0.3, 0.4) is 0 Å². The molecule has 0 aliphatic heterocycles. The average molecular weight is 367 g/mol. The van der Waals surface area contributed by atoms with Crippen molar-refractivity contribution in [2.75, 3.05) is 11.9 Å². The highest BCUT2D eigenvalue weighted by Crippen LogP contribution is 2.24. The molecule has 0 fully saturated rings. The first-order chi connectivity index (χ1) is 13.7. The first-order valence-corrected chi connectivity index (χ1v) is 9.26. The molecule has 4 rings (SSSR count). The molecule has 0 aromatic heterocycles. The predicted octanol–water partition coefficient (Wildman–Crippen LogP) is 5.83. The zero-order chi connectivity index (χ0) is 19.3. The molecule has 4 aromatic rings. The van der Waals surface area contributed by atoms with E-state index in [4.69, 9.17) is 4.74 Å². The molecule has 0 bridgehead atoms. The summed E-state index contributed by atoms with van der Waals surface area (Å²) in [4.78, 5) is 12.3. The van der Waals surface area contributed by atoms with Gasteiger partial charge in [0.05, 0.1) is 0 Å². The Morgan fingerprint density at radius 2 is 1.43 bits per heavy atom. The second kappa shape index (κ2) is 7.97. The first kappa shape index (κ1) is 17.8. The number of ether oxygens (including phenoxy) is 1. The molecule has 28 heavy (non-hydrogen) atoms. The number of benzene rings is 4. The quantitative estimate of drug-likeness (QED) is 0.482. The Morgan fingerprint density at radius 1 is 0.786 bits per heavy atom. The fourth-order valence-electron chi connectivity index (χ4n) is 3.16. The van der Waals surface area contributed by atoms with Crippen molar-refractivity contribution in [1.29, 1.82) is 0 Å². The monoisotopic (exact) mass is 367 g/mol. The minimum absolute atomic E-state index is 0.0346. The number of carbonyl (C=O) groups excluding carboxylic acids is 1. The van der Waals surface area contributed by atoms with Crippen LogP contribution in [-0.2, 0) is 4.79 Å². The molecule has 0 aliphatic carbocycles. The number of hydrogen-bond acceptors (Lipinski definition) is 2. The summed E-state index contributed by atoms with van der Waals surface area (Å²) < 4.78 is 5.65. The van der Waals surface area contributed by atoms with E-state index in [1.165, 1.54) is 5.56 Å². The van der Waals surface area contributed by atoms with Gasteiger partial charge in [0.1, 0.15) is 5.75 Å². The lowest BCUT2D eigenvalue weighted by molar-refractivity contribution is -0.118. The van der Waals surface area contributed by atoms with Gasteiger partial charge < -0.3 is 10.1 Å². The number of amides is 1. The van der Waals surface area contributed by atoms with Crippen LogP contribution in [0.15, 0.2) is 91.0 Å². The minimum atomic E-state index is -0.182. The van der Waals surface area contributed by atoms with Crippen LogP contribution in [0.5, 0.6) is 5.75 Å². The highest BCUT2D eigenvalue weighted by atomic mass is 16.5. The van der Waals surface area contributed by atoms with Crippen LogP contribution in [0.2, 0.25) is 0 Å². The second-order valence-electron chi connectivity index (χ2n) is 6.75. The number of anilines is 1. The molecular weight excluding hydrogens is 346 g/mol. The third-order valence-electron chi connectivity index (χ3n) is 4.67. The lowest BCUT2D eigenvalue weighted by Gasteiger charge is -2.10. The van der Waals surface area contributed by atoms with Crippen LogP contribution in [-0.4, -0.2) is 12.5 Å². The molecular formula is C25H21NO2. The third kappa shape index (κ3) is 4.04. The van der Waals surface area contributed by atoms with Gasteiger partial charge in [-0.05, 0) is 41.6 Å². The molecule has 0 spiro atoms. The Balaban J connectivity index is 1.38. The van der Waals surface area contributed by atoms with Gasteiger partial charge in [-0.15, -0.1) is 0 Å². The van der Waals surface area contributed by atoms with Crippen LogP contribution >= 0.6 is 0 Å². The van der Waals surface area contributed by atoms with Crippen molar-refractivity contribution in [2.45, 2.75) is 6.92 Å². The predicted molar refractivity (Wildman–Crippen MR) is 115 cm³/mol. The molecule has 0 heterocycles.